The smallest absolute Gasteiger partial charge is 0.0632 e. The van der Waals surface area contributed by atoms with Crippen molar-refractivity contribution in [2.24, 2.45) is 0 Å². The van der Waals surface area contributed by atoms with Gasteiger partial charge in [0, 0.05) is 25.7 Å². The van der Waals surface area contributed by atoms with Crippen molar-refractivity contribution in [2.75, 3.05) is 20.3 Å². The molecule has 1 fully saturated rings. The number of rotatable bonds is 8. The number of nitrogens with zero attached hydrogens (tertiary/aromatic N) is 1. The van der Waals surface area contributed by atoms with Crippen LogP contribution in [0.5, 0.6) is 0 Å². The Labute approximate surface area is 123 Å². The van der Waals surface area contributed by atoms with Gasteiger partial charge < -0.3 is 4.74 Å². The summed E-state index contributed by atoms with van der Waals surface area (Å²) in [6, 6.07) is 11.8. The monoisotopic (exact) mass is 276 g/mol. The third kappa shape index (κ3) is 4.30. The summed E-state index contributed by atoms with van der Waals surface area (Å²) in [5.74, 6) is 0. The number of methoxy groups -OCH3 is 1. The third-order valence-electron chi connectivity index (χ3n) is 4.11. The van der Waals surface area contributed by atoms with E-state index >= 15 is 0 Å². The lowest BCUT2D eigenvalue weighted by Crippen LogP contribution is -2.45. The van der Waals surface area contributed by atoms with E-state index in [0.717, 1.165) is 13.2 Å². The molecule has 3 heteroatoms. The molecule has 1 saturated heterocycles. The molecular weight excluding hydrogens is 248 g/mol. The number of benzene rings is 1. The number of hydrogen-bond acceptors (Lipinski definition) is 3. The molecule has 2 atom stereocenters. The van der Waals surface area contributed by atoms with Crippen LogP contribution in [0.3, 0.4) is 0 Å². The van der Waals surface area contributed by atoms with Gasteiger partial charge in [-0.05, 0) is 24.8 Å². The van der Waals surface area contributed by atoms with Crippen LogP contribution in [0.15, 0.2) is 30.3 Å². The van der Waals surface area contributed by atoms with E-state index in [1.54, 1.807) is 7.11 Å². The van der Waals surface area contributed by atoms with Crippen LogP contribution in [0, 0.1) is 0 Å². The minimum absolute atomic E-state index is 0.425. The van der Waals surface area contributed by atoms with Crippen molar-refractivity contribution >= 4 is 0 Å². The maximum atomic E-state index is 5.34. The normalized spacial score (nSPS) is 21.2. The van der Waals surface area contributed by atoms with Gasteiger partial charge in [0.1, 0.15) is 0 Å². The Kier molecular flexibility index (Phi) is 6.51. The molecule has 0 radical (unpaired) electrons. The summed E-state index contributed by atoms with van der Waals surface area (Å²) in [5.41, 5.74) is 5.15. The quantitative estimate of drug-likeness (QED) is 0.786. The highest BCUT2D eigenvalue weighted by atomic mass is 16.5. The molecule has 0 aromatic heterocycles. The van der Waals surface area contributed by atoms with Gasteiger partial charge in [0.05, 0.1) is 6.61 Å². The summed E-state index contributed by atoms with van der Waals surface area (Å²) >= 11 is 0. The summed E-state index contributed by atoms with van der Waals surface area (Å²) in [6.45, 7) is 4.21. The zero-order valence-electron chi connectivity index (χ0n) is 12.8. The van der Waals surface area contributed by atoms with Gasteiger partial charge in [0.15, 0.2) is 0 Å². The van der Waals surface area contributed by atoms with E-state index in [0.29, 0.717) is 12.1 Å². The van der Waals surface area contributed by atoms with Crippen molar-refractivity contribution in [2.45, 2.75) is 51.1 Å². The van der Waals surface area contributed by atoms with Gasteiger partial charge >= 0.3 is 0 Å². The van der Waals surface area contributed by atoms with Crippen LogP contribution in [0.4, 0.5) is 0 Å². The van der Waals surface area contributed by atoms with Gasteiger partial charge in [-0.15, -0.1) is 0 Å². The van der Waals surface area contributed by atoms with Crippen molar-refractivity contribution in [3.63, 3.8) is 0 Å². The zero-order valence-corrected chi connectivity index (χ0v) is 12.8. The molecule has 1 N–H and O–H groups in total. The molecule has 0 unspecified atom stereocenters. The van der Waals surface area contributed by atoms with Crippen molar-refractivity contribution in [3.8, 4) is 0 Å². The van der Waals surface area contributed by atoms with Gasteiger partial charge in [-0.25, -0.2) is 10.4 Å². The average molecular weight is 276 g/mol. The largest absolute Gasteiger partial charge is 0.383 e. The highest BCUT2D eigenvalue weighted by Gasteiger charge is 2.26. The molecule has 112 valence electrons. The maximum Gasteiger partial charge on any atom is 0.0632 e. The Hall–Kier alpha value is -0.900. The van der Waals surface area contributed by atoms with Gasteiger partial charge in [0.25, 0.3) is 0 Å². The molecule has 1 aromatic rings. The fourth-order valence-corrected chi connectivity index (χ4v) is 2.97. The topological polar surface area (TPSA) is 24.5 Å². The number of hydrogen-bond donors (Lipinski definition) is 1. The van der Waals surface area contributed by atoms with Crippen LogP contribution in [-0.2, 0) is 4.74 Å². The predicted molar refractivity (Wildman–Crippen MR) is 83.4 cm³/mol. The fourth-order valence-electron chi connectivity index (χ4n) is 2.97. The van der Waals surface area contributed by atoms with E-state index in [1.165, 1.54) is 37.7 Å². The second-order valence-corrected chi connectivity index (χ2v) is 5.68. The number of ether oxygens (including phenoxy) is 1. The van der Waals surface area contributed by atoms with E-state index in [1.807, 2.05) is 0 Å². The summed E-state index contributed by atoms with van der Waals surface area (Å²) in [6.07, 6.45) is 6.19. The Morgan fingerprint density at radius 3 is 2.85 bits per heavy atom. The molecule has 2 rings (SSSR count). The van der Waals surface area contributed by atoms with Crippen LogP contribution < -0.4 is 5.43 Å². The summed E-state index contributed by atoms with van der Waals surface area (Å²) in [7, 11) is 1.79. The standard InChI is InChI=1S/C17H28N2O/c1-3-4-12-17(15-9-6-5-7-10-15)18-19-13-8-11-16(19)14-20-2/h5-7,9-10,16-18H,3-4,8,11-14H2,1-2H3/t16-,17+/m0/s1. The first-order valence-corrected chi connectivity index (χ1v) is 7.91. The summed E-state index contributed by atoms with van der Waals surface area (Å²) < 4.78 is 5.34. The molecule has 0 amide bonds. The van der Waals surface area contributed by atoms with Gasteiger partial charge in [0.2, 0.25) is 0 Å². The van der Waals surface area contributed by atoms with E-state index in [9.17, 15) is 0 Å². The van der Waals surface area contributed by atoms with E-state index in [2.05, 4.69) is 47.7 Å². The first-order chi connectivity index (χ1) is 9.85. The second-order valence-electron chi connectivity index (χ2n) is 5.68. The molecule has 0 saturated carbocycles. The van der Waals surface area contributed by atoms with Gasteiger partial charge in [-0.2, -0.15) is 0 Å². The molecule has 3 nitrogen and oxygen atoms in total. The Morgan fingerprint density at radius 1 is 1.35 bits per heavy atom. The zero-order chi connectivity index (χ0) is 14.2. The van der Waals surface area contributed by atoms with Crippen LogP contribution in [-0.4, -0.2) is 31.3 Å². The lowest BCUT2D eigenvalue weighted by Gasteiger charge is -2.30. The van der Waals surface area contributed by atoms with Crippen molar-refractivity contribution in [3.05, 3.63) is 35.9 Å². The number of hydrazine groups is 1. The molecule has 1 aromatic carbocycles. The van der Waals surface area contributed by atoms with E-state index < -0.39 is 0 Å². The number of unbranched alkanes of at least 4 members (excludes halogenated alkanes) is 1. The SMILES string of the molecule is CCCC[C@@H](NN1CCC[C@H]1COC)c1ccccc1. The highest BCUT2D eigenvalue weighted by molar-refractivity contribution is 5.18. The van der Waals surface area contributed by atoms with Crippen molar-refractivity contribution in [1.29, 1.82) is 0 Å². The van der Waals surface area contributed by atoms with E-state index in [4.69, 9.17) is 4.74 Å². The highest BCUT2D eigenvalue weighted by Crippen LogP contribution is 2.23. The minimum atomic E-state index is 0.425. The maximum absolute atomic E-state index is 5.34. The van der Waals surface area contributed by atoms with Crippen LogP contribution in [0.1, 0.15) is 50.6 Å². The van der Waals surface area contributed by atoms with Crippen LogP contribution in [0.2, 0.25) is 0 Å². The first-order valence-electron chi connectivity index (χ1n) is 7.91. The molecular formula is C17H28N2O. The van der Waals surface area contributed by atoms with Crippen LogP contribution in [0.25, 0.3) is 0 Å². The molecule has 1 heterocycles. The second kappa shape index (κ2) is 8.40. The Morgan fingerprint density at radius 2 is 2.15 bits per heavy atom. The van der Waals surface area contributed by atoms with Gasteiger partial charge in [-0.1, -0.05) is 50.1 Å². The van der Waals surface area contributed by atoms with Crippen molar-refractivity contribution < 1.29 is 4.74 Å². The molecule has 1 aliphatic rings. The third-order valence-corrected chi connectivity index (χ3v) is 4.11. The van der Waals surface area contributed by atoms with Gasteiger partial charge in [-0.3, -0.25) is 0 Å². The lowest BCUT2D eigenvalue weighted by molar-refractivity contribution is 0.0689. The summed E-state index contributed by atoms with van der Waals surface area (Å²) in [4.78, 5) is 0. The molecule has 0 aliphatic carbocycles. The fraction of sp³-hybridized carbons (Fsp3) is 0.647. The minimum Gasteiger partial charge on any atom is -0.383 e. The van der Waals surface area contributed by atoms with Crippen molar-refractivity contribution in [1.82, 2.24) is 10.4 Å². The predicted octanol–water partition coefficient (Wildman–Crippen LogP) is 3.53. The molecule has 20 heavy (non-hydrogen) atoms. The number of nitrogens with one attached hydrogen (secondary N) is 1. The molecule has 1 aliphatic heterocycles. The first kappa shape index (κ1) is 15.5. The molecule has 0 spiro atoms. The Balaban J connectivity index is 2.00. The average Bonchev–Trinajstić information content (AvgIpc) is 2.92. The Bertz CT molecular complexity index is 369. The van der Waals surface area contributed by atoms with E-state index in [-0.39, 0.29) is 0 Å². The van der Waals surface area contributed by atoms with Crippen LogP contribution >= 0.6 is 0 Å². The molecule has 0 bridgehead atoms. The summed E-state index contributed by atoms with van der Waals surface area (Å²) in [5, 5.41) is 2.40. The lowest BCUT2D eigenvalue weighted by atomic mass is 10.0.